The molecular formula is C8H14N2O. The number of carbonyl (C=O) groups excluding carboxylic acids is 1. The summed E-state index contributed by atoms with van der Waals surface area (Å²) in [4.78, 5) is 11.1. The highest BCUT2D eigenvalue weighted by Gasteiger charge is 2.31. The first-order valence-electron chi connectivity index (χ1n) is 3.88. The summed E-state index contributed by atoms with van der Waals surface area (Å²) >= 11 is 0. The van der Waals surface area contributed by atoms with Gasteiger partial charge in [0.1, 0.15) is 0 Å². The molecule has 3 N–H and O–H groups in total. The molecule has 1 aliphatic carbocycles. The number of nitrogens with one attached hydrogen (secondary N) is 1. The molecule has 11 heavy (non-hydrogen) atoms. The third-order valence-electron chi connectivity index (χ3n) is 1.97. The topological polar surface area (TPSA) is 55.1 Å². The molecule has 1 fully saturated rings. The Kier molecular flexibility index (Phi) is 2.65. The van der Waals surface area contributed by atoms with Crippen molar-refractivity contribution in [1.29, 1.82) is 0 Å². The van der Waals surface area contributed by atoms with Crippen molar-refractivity contribution in [1.82, 2.24) is 5.32 Å². The van der Waals surface area contributed by atoms with Gasteiger partial charge in [-0.05, 0) is 12.8 Å². The molecule has 0 aromatic heterocycles. The lowest BCUT2D eigenvalue weighted by Crippen LogP contribution is -2.45. The number of nitrogens with two attached hydrogens (primary N) is 1. The molecule has 0 radical (unpaired) electrons. The van der Waals surface area contributed by atoms with Gasteiger partial charge >= 0.3 is 0 Å². The van der Waals surface area contributed by atoms with Crippen LogP contribution >= 0.6 is 0 Å². The molecule has 62 valence electrons. The van der Waals surface area contributed by atoms with Crippen LogP contribution in [-0.4, -0.2) is 18.5 Å². The predicted octanol–water partition coefficient (Wildman–Crippen LogP) is 0.0259. The van der Waals surface area contributed by atoms with Gasteiger partial charge < -0.3 is 11.1 Å². The molecule has 0 bridgehead atoms. The number of rotatable bonds is 3. The molecule has 0 heterocycles. The first-order chi connectivity index (χ1) is 5.24. The summed E-state index contributed by atoms with van der Waals surface area (Å²) in [5, 5.41) is 2.74. The van der Waals surface area contributed by atoms with E-state index in [-0.39, 0.29) is 17.9 Å². The minimum absolute atomic E-state index is 0.117. The smallest absolute Gasteiger partial charge is 0.223 e. The Morgan fingerprint density at radius 2 is 2.36 bits per heavy atom. The molecule has 3 nitrogen and oxygen atoms in total. The van der Waals surface area contributed by atoms with Gasteiger partial charge in [0, 0.05) is 18.5 Å². The van der Waals surface area contributed by atoms with E-state index >= 15 is 0 Å². The lowest BCUT2D eigenvalue weighted by atomic mass is 9.80. The summed E-state index contributed by atoms with van der Waals surface area (Å²) in [6.45, 7) is 4.07. The summed E-state index contributed by atoms with van der Waals surface area (Å²) in [5.74, 6) is 0.275. The summed E-state index contributed by atoms with van der Waals surface area (Å²) in [5.41, 5.74) is 5.54. The van der Waals surface area contributed by atoms with Gasteiger partial charge in [-0.15, -0.1) is 6.58 Å². The van der Waals surface area contributed by atoms with Crippen LogP contribution in [0.15, 0.2) is 12.7 Å². The van der Waals surface area contributed by atoms with Gasteiger partial charge in [0.2, 0.25) is 5.91 Å². The number of amides is 1. The van der Waals surface area contributed by atoms with Crippen LogP contribution in [-0.2, 0) is 4.79 Å². The minimum atomic E-state index is 0.117. The van der Waals surface area contributed by atoms with Crippen LogP contribution in [0.4, 0.5) is 0 Å². The average molecular weight is 154 g/mol. The van der Waals surface area contributed by atoms with Crippen LogP contribution in [0.25, 0.3) is 0 Å². The standard InChI is InChI=1S/C8H14N2O/c1-2-3-10-8(11)6-4-7(9)5-6/h2,6-7H,1,3-5,9H2,(H,10,11). The molecule has 1 amide bonds. The fourth-order valence-corrected chi connectivity index (χ4v) is 1.19. The molecule has 3 heteroatoms. The maximum atomic E-state index is 11.1. The van der Waals surface area contributed by atoms with Crippen molar-refractivity contribution in [2.45, 2.75) is 18.9 Å². The van der Waals surface area contributed by atoms with Crippen LogP contribution < -0.4 is 11.1 Å². The van der Waals surface area contributed by atoms with E-state index in [0.717, 1.165) is 12.8 Å². The van der Waals surface area contributed by atoms with Crippen LogP contribution in [0.3, 0.4) is 0 Å². The van der Waals surface area contributed by atoms with Crippen molar-refractivity contribution < 1.29 is 4.79 Å². The predicted molar refractivity (Wildman–Crippen MR) is 43.9 cm³/mol. The van der Waals surface area contributed by atoms with Crippen molar-refractivity contribution >= 4 is 5.91 Å². The monoisotopic (exact) mass is 154 g/mol. The van der Waals surface area contributed by atoms with Crippen LogP contribution in [0.5, 0.6) is 0 Å². The molecule has 1 aliphatic rings. The maximum absolute atomic E-state index is 11.1. The highest BCUT2D eigenvalue weighted by atomic mass is 16.1. The maximum Gasteiger partial charge on any atom is 0.223 e. The Morgan fingerprint density at radius 1 is 1.73 bits per heavy atom. The first kappa shape index (κ1) is 8.27. The molecule has 0 aromatic rings. The summed E-state index contributed by atoms with van der Waals surface area (Å²) in [6.07, 6.45) is 3.35. The van der Waals surface area contributed by atoms with E-state index in [2.05, 4.69) is 11.9 Å². The van der Waals surface area contributed by atoms with E-state index in [9.17, 15) is 4.79 Å². The van der Waals surface area contributed by atoms with Crippen LogP contribution in [0.1, 0.15) is 12.8 Å². The Balaban J connectivity index is 2.16. The molecule has 0 aromatic carbocycles. The molecule has 1 saturated carbocycles. The Bertz CT molecular complexity index is 161. The quantitative estimate of drug-likeness (QED) is 0.563. The minimum Gasteiger partial charge on any atom is -0.352 e. The van der Waals surface area contributed by atoms with Gasteiger partial charge in [-0.3, -0.25) is 4.79 Å². The van der Waals surface area contributed by atoms with Gasteiger partial charge in [-0.25, -0.2) is 0 Å². The van der Waals surface area contributed by atoms with Crippen molar-refractivity contribution in [2.75, 3.05) is 6.54 Å². The summed E-state index contributed by atoms with van der Waals surface area (Å²) < 4.78 is 0. The van der Waals surface area contributed by atoms with Crippen molar-refractivity contribution in [3.05, 3.63) is 12.7 Å². The molecule has 1 rings (SSSR count). The van der Waals surface area contributed by atoms with E-state index in [1.165, 1.54) is 0 Å². The summed E-state index contributed by atoms with van der Waals surface area (Å²) in [7, 11) is 0. The van der Waals surface area contributed by atoms with E-state index < -0.39 is 0 Å². The zero-order chi connectivity index (χ0) is 8.27. The second-order valence-corrected chi connectivity index (χ2v) is 2.96. The van der Waals surface area contributed by atoms with Gasteiger partial charge in [0.25, 0.3) is 0 Å². The van der Waals surface area contributed by atoms with Crippen molar-refractivity contribution in [3.63, 3.8) is 0 Å². The average Bonchev–Trinajstić information content (AvgIpc) is 1.94. The molecule has 0 atom stereocenters. The fraction of sp³-hybridized carbons (Fsp3) is 0.625. The first-order valence-corrected chi connectivity index (χ1v) is 3.88. The molecule has 0 spiro atoms. The van der Waals surface area contributed by atoms with E-state index in [1.54, 1.807) is 6.08 Å². The largest absolute Gasteiger partial charge is 0.352 e. The lowest BCUT2D eigenvalue weighted by molar-refractivity contribution is -0.127. The van der Waals surface area contributed by atoms with Crippen molar-refractivity contribution in [3.8, 4) is 0 Å². The lowest BCUT2D eigenvalue weighted by Gasteiger charge is -2.30. The van der Waals surface area contributed by atoms with Crippen molar-refractivity contribution in [2.24, 2.45) is 11.7 Å². The number of hydrogen-bond donors (Lipinski definition) is 2. The van der Waals surface area contributed by atoms with E-state index in [1.807, 2.05) is 0 Å². The second-order valence-electron chi connectivity index (χ2n) is 2.96. The van der Waals surface area contributed by atoms with Gasteiger partial charge in [0.15, 0.2) is 0 Å². The zero-order valence-electron chi connectivity index (χ0n) is 6.55. The molecule has 0 saturated heterocycles. The fourth-order valence-electron chi connectivity index (χ4n) is 1.19. The molecule has 0 unspecified atom stereocenters. The highest BCUT2D eigenvalue weighted by molar-refractivity contribution is 5.79. The third kappa shape index (κ3) is 2.05. The Morgan fingerprint density at radius 3 is 2.82 bits per heavy atom. The summed E-state index contributed by atoms with van der Waals surface area (Å²) in [6, 6.07) is 0.245. The number of carbonyl (C=O) groups is 1. The van der Waals surface area contributed by atoms with E-state index in [0.29, 0.717) is 6.54 Å². The Labute approximate surface area is 66.6 Å². The third-order valence-corrected chi connectivity index (χ3v) is 1.97. The van der Waals surface area contributed by atoms with Gasteiger partial charge in [-0.2, -0.15) is 0 Å². The van der Waals surface area contributed by atoms with E-state index in [4.69, 9.17) is 5.73 Å². The second kappa shape index (κ2) is 3.53. The Hall–Kier alpha value is -0.830. The SMILES string of the molecule is C=CCNC(=O)C1CC(N)C1. The highest BCUT2D eigenvalue weighted by Crippen LogP contribution is 2.25. The molecule has 0 aliphatic heterocycles. The van der Waals surface area contributed by atoms with Crippen LogP contribution in [0.2, 0.25) is 0 Å². The van der Waals surface area contributed by atoms with Gasteiger partial charge in [-0.1, -0.05) is 6.08 Å². The molecular weight excluding hydrogens is 140 g/mol. The van der Waals surface area contributed by atoms with Crippen LogP contribution in [0, 0.1) is 5.92 Å². The zero-order valence-corrected chi connectivity index (χ0v) is 6.55. The number of hydrogen-bond acceptors (Lipinski definition) is 2. The van der Waals surface area contributed by atoms with Gasteiger partial charge in [0.05, 0.1) is 0 Å². The normalized spacial score (nSPS) is 28.8.